The highest BCUT2D eigenvalue weighted by molar-refractivity contribution is 5.82. The summed E-state index contributed by atoms with van der Waals surface area (Å²) in [6.45, 7) is 3.35. The molecule has 2 aliphatic rings. The van der Waals surface area contributed by atoms with E-state index in [4.69, 9.17) is 10.5 Å². The van der Waals surface area contributed by atoms with Gasteiger partial charge in [-0.1, -0.05) is 19.8 Å². The molecule has 92 valence electrons. The van der Waals surface area contributed by atoms with E-state index in [0.717, 1.165) is 12.8 Å². The number of carbonyl (C=O) groups is 1. The molecule has 4 heteroatoms. The molecule has 1 aliphatic heterocycles. The first-order chi connectivity index (χ1) is 7.74. The van der Waals surface area contributed by atoms with E-state index in [1.807, 2.05) is 11.8 Å². The van der Waals surface area contributed by atoms with Crippen molar-refractivity contribution in [2.75, 3.05) is 13.2 Å². The Balaban J connectivity index is 2.04. The van der Waals surface area contributed by atoms with Crippen molar-refractivity contribution in [1.29, 1.82) is 0 Å². The molecule has 1 amide bonds. The molecule has 1 saturated heterocycles. The van der Waals surface area contributed by atoms with Gasteiger partial charge in [-0.25, -0.2) is 0 Å². The molecule has 0 aromatic carbocycles. The van der Waals surface area contributed by atoms with Crippen molar-refractivity contribution in [3.05, 3.63) is 0 Å². The number of nitrogens with zero attached hydrogens (tertiary/aromatic N) is 1. The maximum atomic E-state index is 12.1. The van der Waals surface area contributed by atoms with Gasteiger partial charge in [-0.2, -0.15) is 0 Å². The molecule has 3 atom stereocenters. The number of fused-ring (bicyclic) bond motifs is 1. The summed E-state index contributed by atoms with van der Waals surface area (Å²) in [5.41, 5.74) is 5.84. The van der Waals surface area contributed by atoms with E-state index in [1.165, 1.54) is 12.8 Å². The molecule has 16 heavy (non-hydrogen) atoms. The van der Waals surface area contributed by atoms with Gasteiger partial charge >= 0.3 is 0 Å². The summed E-state index contributed by atoms with van der Waals surface area (Å²) in [4.78, 5) is 14.1. The molecule has 2 rings (SSSR count). The summed E-state index contributed by atoms with van der Waals surface area (Å²) in [6.07, 6.45) is 5.57. The van der Waals surface area contributed by atoms with Crippen LogP contribution in [0.1, 0.15) is 39.0 Å². The number of amides is 1. The van der Waals surface area contributed by atoms with Crippen LogP contribution >= 0.6 is 0 Å². The van der Waals surface area contributed by atoms with Gasteiger partial charge in [0.2, 0.25) is 5.91 Å². The van der Waals surface area contributed by atoms with E-state index in [1.54, 1.807) is 0 Å². The van der Waals surface area contributed by atoms with Gasteiger partial charge in [0.05, 0.1) is 24.8 Å². The number of hydrogen-bond donors (Lipinski definition) is 1. The van der Waals surface area contributed by atoms with Gasteiger partial charge in [-0.15, -0.1) is 0 Å². The maximum Gasteiger partial charge on any atom is 0.239 e. The first kappa shape index (κ1) is 11.9. The topological polar surface area (TPSA) is 55.6 Å². The number of nitrogens with two attached hydrogens (primary N) is 1. The summed E-state index contributed by atoms with van der Waals surface area (Å²) in [6, 6.07) is -0.0479. The standard InChI is InChI=1S/C12H22N2O2/c1-2-9(13)12(15)14-7-8-16-11-6-4-3-5-10(11)14/h9-11H,2-8,13H2,1H3/t9-,10?,11?/m1/s1. The van der Waals surface area contributed by atoms with Crippen LogP contribution in [-0.2, 0) is 9.53 Å². The van der Waals surface area contributed by atoms with Crippen molar-refractivity contribution in [1.82, 2.24) is 4.90 Å². The minimum atomic E-state index is -0.333. The van der Waals surface area contributed by atoms with E-state index in [2.05, 4.69) is 0 Å². The average molecular weight is 226 g/mol. The molecule has 0 bridgehead atoms. The Morgan fingerprint density at radius 1 is 1.50 bits per heavy atom. The lowest BCUT2D eigenvalue weighted by molar-refractivity contribution is -0.150. The number of morpholine rings is 1. The zero-order valence-corrected chi connectivity index (χ0v) is 10.0. The molecule has 0 aromatic rings. The summed E-state index contributed by atoms with van der Waals surface area (Å²) >= 11 is 0. The second-order valence-corrected chi connectivity index (χ2v) is 4.81. The number of hydrogen-bond acceptors (Lipinski definition) is 3. The quantitative estimate of drug-likeness (QED) is 0.761. The van der Waals surface area contributed by atoms with Crippen molar-refractivity contribution in [2.24, 2.45) is 5.73 Å². The number of ether oxygens (including phenoxy) is 1. The van der Waals surface area contributed by atoms with Crippen molar-refractivity contribution >= 4 is 5.91 Å². The van der Waals surface area contributed by atoms with Crippen LogP contribution < -0.4 is 5.73 Å². The van der Waals surface area contributed by atoms with Crippen LogP contribution in [0, 0.1) is 0 Å². The highest BCUT2D eigenvalue weighted by Crippen LogP contribution is 2.28. The summed E-state index contributed by atoms with van der Waals surface area (Å²) < 4.78 is 5.74. The third-order valence-electron chi connectivity index (χ3n) is 3.77. The van der Waals surface area contributed by atoms with E-state index < -0.39 is 0 Å². The van der Waals surface area contributed by atoms with Gasteiger partial charge in [0.25, 0.3) is 0 Å². The predicted octanol–water partition coefficient (Wildman–Crippen LogP) is 0.894. The van der Waals surface area contributed by atoms with Crippen molar-refractivity contribution in [2.45, 2.75) is 57.2 Å². The highest BCUT2D eigenvalue weighted by atomic mass is 16.5. The van der Waals surface area contributed by atoms with Crippen LogP contribution in [-0.4, -0.2) is 42.1 Å². The van der Waals surface area contributed by atoms with Crippen LogP contribution in [0.25, 0.3) is 0 Å². The molecule has 0 spiro atoms. The summed E-state index contributed by atoms with van der Waals surface area (Å²) in [7, 11) is 0. The number of rotatable bonds is 2. The van der Waals surface area contributed by atoms with Crippen LogP contribution in [0.2, 0.25) is 0 Å². The fourth-order valence-electron chi connectivity index (χ4n) is 2.76. The van der Waals surface area contributed by atoms with E-state index in [0.29, 0.717) is 19.6 Å². The van der Waals surface area contributed by atoms with Crippen molar-refractivity contribution in [3.63, 3.8) is 0 Å². The zero-order chi connectivity index (χ0) is 11.5. The zero-order valence-electron chi connectivity index (χ0n) is 10.0. The normalized spacial score (nSPS) is 32.0. The molecule has 1 heterocycles. The molecule has 4 nitrogen and oxygen atoms in total. The van der Waals surface area contributed by atoms with Crippen LogP contribution in [0.5, 0.6) is 0 Å². The molecule has 2 fully saturated rings. The van der Waals surface area contributed by atoms with Gasteiger partial charge in [0, 0.05) is 6.54 Å². The minimum absolute atomic E-state index is 0.114. The Morgan fingerprint density at radius 3 is 3.00 bits per heavy atom. The fraction of sp³-hybridized carbons (Fsp3) is 0.917. The average Bonchev–Trinajstić information content (AvgIpc) is 2.36. The Kier molecular flexibility index (Phi) is 3.82. The van der Waals surface area contributed by atoms with Gasteiger partial charge in [-0.3, -0.25) is 4.79 Å². The lowest BCUT2D eigenvalue weighted by Crippen LogP contribution is -2.58. The lowest BCUT2D eigenvalue weighted by Gasteiger charge is -2.44. The Morgan fingerprint density at radius 2 is 2.25 bits per heavy atom. The molecular formula is C12H22N2O2. The first-order valence-electron chi connectivity index (χ1n) is 6.41. The summed E-state index contributed by atoms with van der Waals surface area (Å²) in [5, 5.41) is 0. The highest BCUT2D eigenvalue weighted by Gasteiger charge is 2.37. The van der Waals surface area contributed by atoms with Crippen molar-refractivity contribution in [3.8, 4) is 0 Å². The van der Waals surface area contributed by atoms with Gasteiger partial charge in [0.1, 0.15) is 0 Å². The van der Waals surface area contributed by atoms with Gasteiger partial charge < -0.3 is 15.4 Å². The summed E-state index contributed by atoms with van der Waals surface area (Å²) in [5.74, 6) is 0.114. The molecular weight excluding hydrogens is 204 g/mol. The minimum Gasteiger partial charge on any atom is -0.374 e. The molecule has 0 radical (unpaired) electrons. The predicted molar refractivity (Wildman–Crippen MR) is 62.0 cm³/mol. The van der Waals surface area contributed by atoms with E-state index in [-0.39, 0.29) is 24.1 Å². The second kappa shape index (κ2) is 5.15. The molecule has 2 N–H and O–H groups in total. The monoisotopic (exact) mass is 226 g/mol. The molecule has 0 aromatic heterocycles. The van der Waals surface area contributed by atoms with Gasteiger partial charge in [-0.05, 0) is 19.3 Å². The fourth-order valence-corrected chi connectivity index (χ4v) is 2.76. The van der Waals surface area contributed by atoms with E-state index >= 15 is 0 Å². The third kappa shape index (κ3) is 2.23. The Bertz CT molecular complexity index is 255. The lowest BCUT2D eigenvalue weighted by atomic mass is 9.89. The van der Waals surface area contributed by atoms with Crippen LogP contribution in [0.3, 0.4) is 0 Å². The smallest absolute Gasteiger partial charge is 0.239 e. The molecule has 1 aliphatic carbocycles. The molecule has 1 saturated carbocycles. The van der Waals surface area contributed by atoms with Crippen molar-refractivity contribution < 1.29 is 9.53 Å². The third-order valence-corrected chi connectivity index (χ3v) is 3.77. The second-order valence-electron chi connectivity index (χ2n) is 4.81. The largest absolute Gasteiger partial charge is 0.374 e. The van der Waals surface area contributed by atoms with Crippen LogP contribution in [0.15, 0.2) is 0 Å². The number of carbonyl (C=O) groups excluding carboxylic acids is 1. The Hall–Kier alpha value is -0.610. The Labute approximate surface area is 97.1 Å². The van der Waals surface area contributed by atoms with Gasteiger partial charge in [0.15, 0.2) is 0 Å². The molecule has 2 unspecified atom stereocenters. The maximum absolute atomic E-state index is 12.1. The SMILES string of the molecule is CC[C@@H](N)C(=O)N1CCOC2CCCCC21. The first-order valence-corrected chi connectivity index (χ1v) is 6.41. The van der Waals surface area contributed by atoms with Crippen LogP contribution in [0.4, 0.5) is 0 Å². The van der Waals surface area contributed by atoms with E-state index in [9.17, 15) is 4.79 Å².